The molecule has 0 fully saturated rings. The third kappa shape index (κ3) is 9.06. The fourth-order valence-corrected chi connectivity index (χ4v) is 4.93. The van der Waals surface area contributed by atoms with Gasteiger partial charge < -0.3 is 14.8 Å². The summed E-state index contributed by atoms with van der Waals surface area (Å²) in [5.74, 6) is 0.401. The molecule has 0 unspecified atom stereocenters. The van der Waals surface area contributed by atoms with E-state index >= 15 is 0 Å². The fourth-order valence-electron chi connectivity index (χ4n) is 3.86. The van der Waals surface area contributed by atoms with Crippen LogP contribution in [-0.2, 0) is 21.4 Å². The van der Waals surface area contributed by atoms with Crippen molar-refractivity contribution in [2.75, 3.05) is 29.6 Å². The lowest BCUT2D eigenvalue weighted by molar-refractivity contribution is -0.118. The van der Waals surface area contributed by atoms with Crippen molar-refractivity contribution in [3.63, 3.8) is 0 Å². The number of halogens is 1. The zero-order valence-corrected chi connectivity index (χ0v) is 24.9. The SMILES string of the molecule is COc1ccc(NC(=O)COc2ccc(/C=N/NC(=O)c3ccc(N(Cc4ccccc4Cl)S(C)(=O)=O)cc3)cc2)cc1. The topological polar surface area (TPSA) is 126 Å². The van der Waals surface area contributed by atoms with E-state index < -0.39 is 15.9 Å². The Kier molecular flexibility index (Phi) is 10.4. The van der Waals surface area contributed by atoms with E-state index in [1.807, 2.05) is 0 Å². The van der Waals surface area contributed by atoms with Crippen LogP contribution < -0.4 is 24.5 Å². The number of carbonyl (C=O) groups is 2. The van der Waals surface area contributed by atoms with E-state index in [0.717, 1.165) is 6.26 Å². The first-order valence-electron chi connectivity index (χ1n) is 12.9. The van der Waals surface area contributed by atoms with Gasteiger partial charge in [-0.15, -0.1) is 0 Å². The second-order valence-corrected chi connectivity index (χ2v) is 11.6. The standard InChI is InChI=1S/C31H29ClN4O6S/c1-41-27-17-11-25(12-18-27)34-30(37)21-42-28-15-7-22(8-16-28)19-33-35-31(38)23-9-13-26(14-10-23)36(43(2,39)40)20-24-5-3-4-6-29(24)32/h3-19H,20-21H2,1-2H3,(H,34,37)(H,35,38)/b33-19+. The molecule has 0 atom stereocenters. The van der Waals surface area contributed by atoms with Crippen LogP contribution in [0.2, 0.25) is 5.02 Å². The number of hydrogen-bond donors (Lipinski definition) is 2. The smallest absolute Gasteiger partial charge is 0.271 e. The molecule has 4 aromatic rings. The summed E-state index contributed by atoms with van der Waals surface area (Å²) in [5.41, 5.74) is 5.10. The molecular formula is C31H29ClN4O6S. The van der Waals surface area contributed by atoms with Gasteiger partial charge in [0.2, 0.25) is 10.0 Å². The highest BCUT2D eigenvalue weighted by atomic mass is 35.5. The average molecular weight is 621 g/mol. The van der Waals surface area contributed by atoms with Crippen molar-refractivity contribution >= 4 is 51.0 Å². The van der Waals surface area contributed by atoms with Gasteiger partial charge in [-0.1, -0.05) is 29.8 Å². The van der Waals surface area contributed by atoms with Gasteiger partial charge in [-0.05, 0) is 90.0 Å². The fraction of sp³-hybridized carbons (Fsp3) is 0.129. The minimum Gasteiger partial charge on any atom is -0.497 e. The van der Waals surface area contributed by atoms with Gasteiger partial charge in [0.25, 0.3) is 11.8 Å². The maximum absolute atomic E-state index is 12.6. The number of benzene rings is 4. The molecular weight excluding hydrogens is 592 g/mol. The highest BCUT2D eigenvalue weighted by Gasteiger charge is 2.19. The van der Waals surface area contributed by atoms with E-state index in [-0.39, 0.29) is 19.1 Å². The first kappa shape index (κ1) is 31.1. The van der Waals surface area contributed by atoms with Crippen LogP contribution in [0.1, 0.15) is 21.5 Å². The van der Waals surface area contributed by atoms with E-state index in [1.165, 1.54) is 22.7 Å². The van der Waals surface area contributed by atoms with E-state index in [0.29, 0.717) is 44.6 Å². The molecule has 0 aliphatic rings. The van der Waals surface area contributed by atoms with Gasteiger partial charge in [0.1, 0.15) is 11.5 Å². The van der Waals surface area contributed by atoms with Crippen LogP contribution in [0.5, 0.6) is 11.5 Å². The number of rotatable bonds is 12. The summed E-state index contributed by atoms with van der Waals surface area (Å²) < 4.78 is 36.8. The van der Waals surface area contributed by atoms with Crippen molar-refractivity contribution in [3.05, 3.63) is 119 Å². The summed E-state index contributed by atoms with van der Waals surface area (Å²) in [6, 6.07) is 26.9. The predicted molar refractivity (Wildman–Crippen MR) is 168 cm³/mol. The molecule has 0 heterocycles. The van der Waals surface area contributed by atoms with Gasteiger partial charge in [-0.3, -0.25) is 13.9 Å². The van der Waals surface area contributed by atoms with Crippen LogP contribution in [0.4, 0.5) is 11.4 Å². The third-order valence-corrected chi connectivity index (χ3v) is 7.60. The quantitative estimate of drug-likeness (QED) is 0.168. The first-order chi connectivity index (χ1) is 20.6. The van der Waals surface area contributed by atoms with Gasteiger partial charge in [0.05, 0.1) is 31.8 Å². The summed E-state index contributed by atoms with van der Waals surface area (Å²) in [6.45, 7) is -0.120. The van der Waals surface area contributed by atoms with Crippen LogP contribution in [0.3, 0.4) is 0 Å². The molecule has 0 aromatic heterocycles. The Hall–Kier alpha value is -4.87. The van der Waals surface area contributed by atoms with Crippen LogP contribution in [0.15, 0.2) is 102 Å². The van der Waals surface area contributed by atoms with Gasteiger partial charge in [0, 0.05) is 16.3 Å². The van der Waals surface area contributed by atoms with Crippen molar-refractivity contribution in [2.45, 2.75) is 6.54 Å². The minimum absolute atomic E-state index is 0.0507. The molecule has 0 spiro atoms. The molecule has 0 saturated heterocycles. The Morgan fingerprint density at radius 2 is 1.56 bits per heavy atom. The lowest BCUT2D eigenvalue weighted by atomic mass is 10.2. The summed E-state index contributed by atoms with van der Waals surface area (Å²) in [6.07, 6.45) is 2.57. The van der Waals surface area contributed by atoms with Crippen LogP contribution in [-0.4, -0.2) is 46.4 Å². The Morgan fingerprint density at radius 3 is 2.19 bits per heavy atom. The molecule has 2 amide bonds. The normalized spacial score (nSPS) is 11.1. The number of hydrazone groups is 1. The van der Waals surface area contributed by atoms with Crippen molar-refractivity contribution in [2.24, 2.45) is 5.10 Å². The molecule has 0 aliphatic carbocycles. The minimum atomic E-state index is -3.62. The largest absolute Gasteiger partial charge is 0.497 e. The second-order valence-electron chi connectivity index (χ2n) is 9.24. The lowest BCUT2D eigenvalue weighted by Crippen LogP contribution is -2.29. The summed E-state index contributed by atoms with van der Waals surface area (Å²) >= 11 is 6.22. The van der Waals surface area contributed by atoms with E-state index in [4.69, 9.17) is 21.1 Å². The van der Waals surface area contributed by atoms with Crippen LogP contribution >= 0.6 is 11.6 Å². The molecule has 12 heteroatoms. The maximum atomic E-state index is 12.6. The highest BCUT2D eigenvalue weighted by molar-refractivity contribution is 7.92. The van der Waals surface area contributed by atoms with Crippen LogP contribution in [0, 0.1) is 0 Å². The number of carbonyl (C=O) groups excluding carboxylic acids is 2. The summed E-state index contributed by atoms with van der Waals surface area (Å²) in [7, 11) is -2.05. The number of nitrogens with one attached hydrogen (secondary N) is 2. The molecule has 0 saturated carbocycles. The van der Waals surface area contributed by atoms with Crippen LogP contribution in [0.25, 0.3) is 0 Å². The Labute approximate surface area is 254 Å². The highest BCUT2D eigenvalue weighted by Crippen LogP contribution is 2.24. The number of anilines is 2. The number of sulfonamides is 1. The number of methoxy groups -OCH3 is 1. The molecule has 222 valence electrons. The molecule has 0 aliphatic heterocycles. The van der Waals surface area contributed by atoms with Crippen molar-refractivity contribution in [1.82, 2.24) is 5.43 Å². The van der Waals surface area contributed by atoms with Crippen molar-refractivity contribution in [1.29, 1.82) is 0 Å². The molecule has 10 nitrogen and oxygen atoms in total. The number of nitrogens with zero attached hydrogens (tertiary/aromatic N) is 2. The van der Waals surface area contributed by atoms with Gasteiger partial charge in [0.15, 0.2) is 6.61 Å². The van der Waals surface area contributed by atoms with Gasteiger partial charge >= 0.3 is 0 Å². The van der Waals surface area contributed by atoms with E-state index in [9.17, 15) is 18.0 Å². The lowest BCUT2D eigenvalue weighted by Gasteiger charge is -2.23. The molecule has 0 radical (unpaired) electrons. The Bertz CT molecular complexity index is 1690. The summed E-state index contributed by atoms with van der Waals surface area (Å²) in [5, 5.41) is 7.18. The number of ether oxygens (including phenoxy) is 2. The van der Waals surface area contributed by atoms with Crippen molar-refractivity contribution in [3.8, 4) is 11.5 Å². The third-order valence-electron chi connectivity index (χ3n) is 6.09. The maximum Gasteiger partial charge on any atom is 0.271 e. The van der Waals surface area contributed by atoms with E-state index in [1.54, 1.807) is 92.0 Å². The predicted octanol–water partition coefficient (Wildman–Crippen LogP) is 5.10. The zero-order chi connectivity index (χ0) is 30.8. The zero-order valence-electron chi connectivity index (χ0n) is 23.4. The Balaban J connectivity index is 1.28. The Morgan fingerprint density at radius 1 is 0.907 bits per heavy atom. The van der Waals surface area contributed by atoms with Gasteiger partial charge in [-0.2, -0.15) is 5.10 Å². The summed E-state index contributed by atoms with van der Waals surface area (Å²) in [4.78, 5) is 24.7. The molecule has 43 heavy (non-hydrogen) atoms. The van der Waals surface area contributed by atoms with Gasteiger partial charge in [-0.25, -0.2) is 13.8 Å². The van der Waals surface area contributed by atoms with E-state index in [2.05, 4.69) is 15.8 Å². The molecule has 4 aromatic carbocycles. The molecule has 4 rings (SSSR count). The average Bonchev–Trinajstić information content (AvgIpc) is 3.00. The monoisotopic (exact) mass is 620 g/mol. The number of amides is 2. The number of hydrogen-bond acceptors (Lipinski definition) is 7. The molecule has 2 N–H and O–H groups in total. The first-order valence-corrected chi connectivity index (χ1v) is 15.2. The molecule has 0 bridgehead atoms. The second kappa shape index (κ2) is 14.3. The van der Waals surface area contributed by atoms with Crippen molar-refractivity contribution < 1.29 is 27.5 Å².